The Hall–Kier alpha value is -1.63. The monoisotopic (exact) mass is 697 g/mol. The van der Waals surface area contributed by atoms with Crippen molar-refractivity contribution >= 4 is 17.9 Å². The Kier molecular flexibility index (Phi) is 32.4. The number of carbonyl (C=O) groups is 3. The fourth-order valence-electron chi connectivity index (χ4n) is 6.80. The molecule has 0 rings (SSSR count). The highest BCUT2D eigenvalue weighted by Gasteiger charge is 2.41. The van der Waals surface area contributed by atoms with E-state index < -0.39 is 36.4 Å². The molecule has 0 saturated heterocycles. The van der Waals surface area contributed by atoms with Crippen molar-refractivity contribution in [1.29, 1.82) is 0 Å². The van der Waals surface area contributed by atoms with Crippen molar-refractivity contribution < 1.29 is 34.4 Å². The van der Waals surface area contributed by atoms with E-state index in [2.05, 4.69) is 20.8 Å². The summed E-state index contributed by atoms with van der Waals surface area (Å²) in [7, 11) is 0. The van der Waals surface area contributed by atoms with Crippen LogP contribution in [0.15, 0.2) is 0 Å². The Labute approximate surface area is 302 Å². The van der Waals surface area contributed by atoms with Crippen LogP contribution in [-0.2, 0) is 19.1 Å². The maximum absolute atomic E-state index is 12.6. The van der Waals surface area contributed by atoms with E-state index >= 15 is 0 Å². The number of carboxylic acids is 2. The predicted octanol–water partition coefficient (Wildman–Crippen LogP) is 12.3. The Morgan fingerprint density at radius 1 is 0.490 bits per heavy atom. The van der Waals surface area contributed by atoms with Crippen LogP contribution in [0.4, 0.5) is 0 Å². The molecular weight excluding hydrogens is 616 g/mol. The lowest BCUT2D eigenvalue weighted by molar-refractivity contribution is -0.173. The third kappa shape index (κ3) is 32.0. The zero-order valence-electron chi connectivity index (χ0n) is 32.5. The summed E-state index contributed by atoms with van der Waals surface area (Å²) in [5, 5.41) is 28.7. The van der Waals surface area contributed by atoms with Gasteiger partial charge in [-0.2, -0.15) is 0 Å². The topological polar surface area (TPSA) is 121 Å². The first-order valence-corrected chi connectivity index (χ1v) is 21.0. The van der Waals surface area contributed by atoms with Crippen LogP contribution in [0.5, 0.6) is 0 Å². The van der Waals surface area contributed by atoms with Gasteiger partial charge < -0.3 is 20.1 Å². The second kappa shape index (κ2) is 33.5. The van der Waals surface area contributed by atoms with Gasteiger partial charge in [-0.25, -0.2) is 4.79 Å². The molecule has 7 nitrogen and oxygen atoms in total. The second-order valence-corrected chi connectivity index (χ2v) is 15.5. The zero-order valence-corrected chi connectivity index (χ0v) is 32.5. The summed E-state index contributed by atoms with van der Waals surface area (Å²) in [4.78, 5) is 35.3. The summed E-state index contributed by atoms with van der Waals surface area (Å²) in [5.74, 6) is -3.20. The third-order valence-corrected chi connectivity index (χ3v) is 10.0. The average Bonchev–Trinajstić information content (AvgIpc) is 3.03. The Morgan fingerprint density at radius 3 is 1.08 bits per heavy atom. The number of hydrogen-bond acceptors (Lipinski definition) is 5. The van der Waals surface area contributed by atoms with Crippen LogP contribution in [0.2, 0.25) is 0 Å². The number of ether oxygens (including phenoxy) is 1. The van der Waals surface area contributed by atoms with Crippen LogP contribution in [-0.4, -0.2) is 44.9 Å². The van der Waals surface area contributed by atoms with Crippen molar-refractivity contribution in [2.24, 2.45) is 5.92 Å². The van der Waals surface area contributed by atoms with E-state index in [1.807, 2.05) is 0 Å². The van der Waals surface area contributed by atoms with Gasteiger partial charge in [0, 0.05) is 0 Å². The number of carboxylic acid groups (broad SMARTS) is 2. The van der Waals surface area contributed by atoms with E-state index in [1.165, 1.54) is 148 Å². The van der Waals surface area contributed by atoms with E-state index in [-0.39, 0.29) is 6.10 Å². The minimum absolute atomic E-state index is 0.331. The van der Waals surface area contributed by atoms with Gasteiger partial charge in [0.15, 0.2) is 5.60 Å². The van der Waals surface area contributed by atoms with Gasteiger partial charge in [-0.3, -0.25) is 9.59 Å². The minimum atomic E-state index is -2.66. The summed E-state index contributed by atoms with van der Waals surface area (Å²) < 4.78 is 5.66. The summed E-state index contributed by atoms with van der Waals surface area (Å²) in [6.45, 7) is 6.87. The molecule has 290 valence electrons. The number of rotatable bonds is 38. The molecule has 0 aromatic heterocycles. The highest BCUT2D eigenvalue weighted by Crippen LogP contribution is 2.22. The molecule has 0 aliphatic heterocycles. The van der Waals surface area contributed by atoms with E-state index in [0.29, 0.717) is 12.8 Å². The van der Waals surface area contributed by atoms with E-state index in [1.54, 1.807) is 0 Å². The normalized spacial score (nSPS) is 13.4. The molecule has 7 heteroatoms. The Morgan fingerprint density at radius 2 is 0.796 bits per heavy atom. The largest absolute Gasteiger partial charge is 0.481 e. The van der Waals surface area contributed by atoms with Crippen molar-refractivity contribution in [3.05, 3.63) is 0 Å². The first-order chi connectivity index (χ1) is 23.6. The Balaban J connectivity index is 4.26. The number of esters is 1. The summed E-state index contributed by atoms with van der Waals surface area (Å²) >= 11 is 0. The lowest BCUT2D eigenvalue weighted by Gasteiger charge is -2.23. The zero-order chi connectivity index (χ0) is 36.4. The molecule has 0 aromatic carbocycles. The maximum atomic E-state index is 12.6. The Bertz CT molecular complexity index is 783. The molecule has 0 aliphatic carbocycles. The van der Waals surface area contributed by atoms with Crippen molar-refractivity contribution in [2.45, 2.75) is 244 Å². The quantitative estimate of drug-likeness (QED) is 0.0434. The van der Waals surface area contributed by atoms with Crippen LogP contribution in [0.3, 0.4) is 0 Å². The number of aliphatic carboxylic acids is 2. The third-order valence-electron chi connectivity index (χ3n) is 10.0. The van der Waals surface area contributed by atoms with Crippen LogP contribution < -0.4 is 0 Å². The lowest BCUT2D eigenvalue weighted by atomic mass is 9.95. The van der Waals surface area contributed by atoms with Crippen LogP contribution in [0.25, 0.3) is 0 Å². The molecule has 0 radical (unpaired) electrons. The van der Waals surface area contributed by atoms with Gasteiger partial charge in [0.25, 0.3) is 0 Å². The fourth-order valence-corrected chi connectivity index (χ4v) is 6.80. The molecule has 0 heterocycles. The molecule has 2 atom stereocenters. The van der Waals surface area contributed by atoms with Gasteiger partial charge in [-0.15, -0.1) is 0 Å². The molecule has 0 aliphatic rings. The molecular formula is C42H80O7. The molecule has 49 heavy (non-hydrogen) atoms. The van der Waals surface area contributed by atoms with Gasteiger partial charge >= 0.3 is 17.9 Å². The molecule has 0 aromatic rings. The van der Waals surface area contributed by atoms with Gasteiger partial charge in [0.1, 0.15) is 6.10 Å². The first kappa shape index (κ1) is 47.4. The summed E-state index contributed by atoms with van der Waals surface area (Å²) in [5.41, 5.74) is -2.66. The summed E-state index contributed by atoms with van der Waals surface area (Å²) in [6, 6.07) is 0. The van der Waals surface area contributed by atoms with Crippen molar-refractivity contribution in [1.82, 2.24) is 0 Å². The summed E-state index contributed by atoms with van der Waals surface area (Å²) in [6.07, 6.45) is 36.3. The molecule has 0 fully saturated rings. The second-order valence-electron chi connectivity index (χ2n) is 15.5. The van der Waals surface area contributed by atoms with Crippen molar-refractivity contribution in [3.8, 4) is 0 Å². The number of unbranched alkanes of at least 4 members (excludes halogenated alkanes) is 26. The molecule has 0 saturated carbocycles. The van der Waals surface area contributed by atoms with Crippen LogP contribution >= 0.6 is 0 Å². The fraction of sp³-hybridized carbons (Fsp3) is 0.929. The van der Waals surface area contributed by atoms with Gasteiger partial charge in [-0.1, -0.05) is 194 Å². The van der Waals surface area contributed by atoms with E-state index in [4.69, 9.17) is 9.84 Å². The SMILES string of the molecule is CCCCCCCCCCCCCCCCC(CCCCCCCCCCCCCCCCC(C)C)OC(=O)CC(O)(CC(=O)O)C(=O)O. The smallest absolute Gasteiger partial charge is 0.336 e. The highest BCUT2D eigenvalue weighted by atomic mass is 16.5. The molecule has 0 amide bonds. The van der Waals surface area contributed by atoms with Gasteiger partial charge in [-0.05, 0) is 31.6 Å². The van der Waals surface area contributed by atoms with E-state index in [0.717, 1.165) is 44.4 Å². The first-order valence-electron chi connectivity index (χ1n) is 21.0. The number of carbonyl (C=O) groups excluding carboxylic acids is 1. The van der Waals surface area contributed by atoms with Crippen molar-refractivity contribution in [3.63, 3.8) is 0 Å². The average molecular weight is 697 g/mol. The highest BCUT2D eigenvalue weighted by molar-refractivity contribution is 5.88. The molecule has 2 unspecified atom stereocenters. The standard InChI is InChI=1S/C42H80O7/c1-4-5-6-7-8-9-10-11-15-18-21-24-27-30-33-38(49-40(45)36-42(48,41(46)47)35-39(43)44)34-31-28-25-22-19-16-13-12-14-17-20-23-26-29-32-37(2)3/h37-38,48H,4-36H2,1-3H3,(H,43,44)(H,46,47). The molecule has 3 N–H and O–H groups in total. The molecule has 0 bridgehead atoms. The van der Waals surface area contributed by atoms with Gasteiger partial charge in [0.05, 0.1) is 12.8 Å². The van der Waals surface area contributed by atoms with E-state index in [9.17, 15) is 24.6 Å². The number of aliphatic hydroxyl groups is 1. The number of hydrogen-bond donors (Lipinski definition) is 3. The molecule has 0 spiro atoms. The maximum Gasteiger partial charge on any atom is 0.336 e. The lowest BCUT2D eigenvalue weighted by Crippen LogP contribution is -2.43. The predicted molar refractivity (Wildman–Crippen MR) is 203 cm³/mol. The van der Waals surface area contributed by atoms with Crippen LogP contribution in [0, 0.1) is 5.92 Å². The van der Waals surface area contributed by atoms with Crippen LogP contribution in [0.1, 0.15) is 233 Å². The minimum Gasteiger partial charge on any atom is -0.481 e. The van der Waals surface area contributed by atoms with Gasteiger partial charge in [0.2, 0.25) is 0 Å². The van der Waals surface area contributed by atoms with Crippen molar-refractivity contribution in [2.75, 3.05) is 0 Å².